The first-order valence-electron chi connectivity index (χ1n) is 8.79. The third kappa shape index (κ3) is 8.66. The van der Waals surface area contributed by atoms with Gasteiger partial charge in [0, 0.05) is 24.7 Å². The monoisotopic (exact) mass is 428 g/mol. The fourth-order valence-electron chi connectivity index (χ4n) is 2.29. The van der Waals surface area contributed by atoms with E-state index in [2.05, 4.69) is 20.6 Å². The van der Waals surface area contributed by atoms with Crippen molar-refractivity contribution in [1.29, 1.82) is 0 Å². The highest BCUT2D eigenvalue weighted by Crippen LogP contribution is 2.02. The Balaban J connectivity index is 2.77. The van der Waals surface area contributed by atoms with Gasteiger partial charge in [0.2, 0.25) is 17.7 Å². The van der Waals surface area contributed by atoms with Crippen molar-refractivity contribution in [2.24, 2.45) is 5.73 Å². The van der Waals surface area contributed by atoms with Gasteiger partial charge in [-0.2, -0.15) is 0 Å². The van der Waals surface area contributed by atoms with Crippen molar-refractivity contribution in [2.45, 2.75) is 37.4 Å². The van der Waals surface area contributed by atoms with Crippen molar-refractivity contribution < 1.29 is 39.3 Å². The second-order valence-corrected chi connectivity index (χ2v) is 6.24. The molecular formula is C16H24N6O8. The van der Waals surface area contributed by atoms with Gasteiger partial charge >= 0.3 is 11.9 Å². The van der Waals surface area contributed by atoms with Crippen molar-refractivity contribution in [3.05, 3.63) is 18.2 Å². The van der Waals surface area contributed by atoms with Crippen LogP contribution in [0.3, 0.4) is 0 Å². The molecule has 0 spiro atoms. The first-order valence-corrected chi connectivity index (χ1v) is 8.79. The molecule has 0 bridgehead atoms. The molecule has 14 heteroatoms. The third-order valence-electron chi connectivity index (χ3n) is 3.84. The molecule has 0 aromatic carbocycles. The maximum absolute atomic E-state index is 12.5. The van der Waals surface area contributed by atoms with Crippen LogP contribution in [0.2, 0.25) is 0 Å². The van der Waals surface area contributed by atoms with E-state index in [9.17, 15) is 29.1 Å². The number of nitrogens with zero attached hydrogens (tertiary/aromatic N) is 1. The van der Waals surface area contributed by atoms with Crippen LogP contribution in [0.25, 0.3) is 0 Å². The number of hydrogen-bond donors (Lipinski definition) is 8. The average molecular weight is 428 g/mol. The quantitative estimate of drug-likeness (QED) is 0.153. The fraction of sp³-hybridized carbons (Fsp3) is 0.500. The van der Waals surface area contributed by atoms with Gasteiger partial charge in [0.05, 0.1) is 19.0 Å². The Bertz CT molecular complexity index is 753. The molecular weight excluding hydrogens is 404 g/mol. The van der Waals surface area contributed by atoms with Crippen molar-refractivity contribution in [1.82, 2.24) is 25.9 Å². The molecule has 14 nitrogen and oxygen atoms in total. The van der Waals surface area contributed by atoms with Crippen LogP contribution in [0.15, 0.2) is 12.5 Å². The fourth-order valence-corrected chi connectivity index (χ4v) is 2.29. The number of imidazole rings is 1. The van der Waals surface area contributed by atoms with E-state index in [1.807, 2.05) is 5.32 Å². The first kappa shape index (κ1) is 24.5. The maximum Gasteiger partial charge on any atom is 0.322 e. The minimum Gasteiger partial charge on any atom is -0.481 e. The standard InChI is InChI=1S/C16H24N6O8/c17-9(3-8-4-18-7-20-8)14(28)21-10(1-2-12(24)25)16(30)22-11(6-23)15(29)19-5-13(26)27/h4,7,9-11,23H,1-3,5-6,17H2,(H,18,20)(H,19,29)(H,21,28)(H,22,30)(H,24,25)(H,26,27). The summed E-state index contributed by atoms with van der Waals surface area (Å²) in [5.41, 5.74) is 6.36. The lowest BCUT2D eigenvalue weighted by molar-refractivity contribution is -0.139. The number of aliphatic carboxylic acids is 2. The number of carbonyl (C=O) groups is 5. The molecule has 1 aromatic heterocycles. The summed E-state index contributed by atoms with van der Waals surface area (Å²) in [6.45, 7) is -1.58. The lowest BCUT2D eigenvalue weighted by atomic mass is 10.1. The van der Waals surface area contributed by atoms with E-state index in [1.165, 1.54) is 12.5 Å². The molecule has 0 aliphatic carbocycles. The van der Waals surface area contributed by atoms with Crippen molar-refractivity contribution in [2.75, 3.05) is 13.2 Å². The van der Waals surface area contributed by atoms with E-state index in [4.69, 9.17) is 15.9 Å². The summed E-state index contributed by atoms with van der Waals surface area (Å²) in [7, 11) is 0. The summed E-state index contributed by atoms with van der Waals surface area (Å²) >= 11 is 0. The molecule has 0 fully saturated rings. The number of amides is 3. The van der Waals surface area contributed by atoms with E-state index >= 15 is 0 Å². The number of H-pyrrole nitrogens is 1. The van der Waals surface area contributed by atoms with Crippen LogP contribution in [-0.2, 0) is 30.4 Å². The predicted molar refractivity (Wildman–Crippen MR) is 98.7 cm³/mol. The number of rotatable bonds is 13. The highest BCUT2D eigenvalue weighted by atomic mass is 16.4. The van der Waals surface area contributed by atoms with Crippen LogP contribution in [0.1, 0.15) is 18.5 Å². The minimum atomic E-state index is -1.50. The van der Waals surface area contributed by atoms with Crippen LogP contribution in [0, 0.1) is 0 Å². The number of nitrogens with two attached hydrogens (primary N) is 1. The Labute approximate surface area is 170 Å². The SMILES string of the molecule is NC(Cc1cnc[nH]1)C(=O)NC(CCC(=O)O)C(=O)NC(CO)C(=O)NCC(=O)O. The van der Waals surface area contributed by atoms with Gasteiger partial charge in [-0.25, -0.2) is 4.98 Å². The van der Waals surface area contributed by atoms with Crippen LogP contribution in [0.5, 0.6) is 0 Å². The Morgan fingerprint density at radius 3 is 2.23 bits per heavy atom. The molecule has 3 amide bonds. The molecule has 1 rings (SSSR count). The van der Waals surface area contributed by atoms with Gasteiger partial charge in [-0.1, -0.05) is 0 Å². The molecule has 166 valence electrons. The van der Waals surface area contributed by atoms with Gasteiger partial charge < -0.3 is 42.0 Å². The molecule has 0 aliphatic heterocycles. The summed E-state index contributed by atoms with van der Waals surface area (Å²) in [4.78, 5) is 64.5. The Morgan fingerprint density at radius 2 is 1.70 bits per heavy atom. The Hall–Kier alpha value is -3.52. The van der Waals surface area contributed by atoms with Crippen LogP contribution in [0.4, 0.5) is 0 Å². The van der Waals surface area contributed by atoms with Crippen molar-refractivity contribution in [3.8, 4) is 0 Å². The number of carbonyl (C=O) groups excluding carboxylic acids is 3. The number of aromatic amines is 1. The lowest BCUT2D eigenvalue weighted by Gasteiger charge is -2.23. The third-order valence-corrected chi connectivity index (χ3v) is 3.84. The summed E-state index contributed by atoms with van der Waals surface area (Å²) in [5, 5.41) is 33.2. The molecule has 3 atom stereocenters. The number of nitrogens with one attached hydrogen (secondary N) is 4. The molecule has 30 heavy (non-hydrogen) atoms. The van der Waals surface area contributed by atoms with Crippen molar-refractivity contribution >= 4 is 29.7 Å². The second kappa shape index (κ2) is 12.1. The zero-order chi connectivity index (χ0) is 22.7. The molecule has 0 aliphatic rings. The summed E-state index contributed by atoms with van der Waals surface area (Å²) in [5.74, 6) is -5.20. The second-order valence-electron chi connectivity index (χ2n) is 6.24. The first-order chi connectivity index (χ1) is 14.1. The number of carboxylic acid groups (broad SMARTS) is 2. The number of aliphatic hydroxyl groups is 1. The van der Waals surface area contributed by atoms with Gasteiger partial charge in [0.1, 0.15) is 18.6 Å². The van der Waals surface area contributed by atoms with E-state index in [0.717, 1.165) is 0 Å². The highest BCUT2D eigenvalue weighted by Gasteiger charge is 2.28. The number of aromatic nitrogens is 2. The lowest BCUT2D eigenvalue weighted by Crippen LogP contribution is -2.57. The van der Waals surface area contributed by atoms with Gasteiger partial charge in [-0.05, 0) is 6.42 Å². The van der Waals surface area contributed by atoms with Gasteiger partial charge in [0.15, 0.2) is 0 Å². The van der Waals surface area contributed by atoms with Crippen LogP contribution in [-0.4, -0.2) is 86.2 Å². The number of hydrogen-bond acceptors (Lipinski definition) is 8. The van der Waals surface area contributed by atoms with E-state index in [0.29, 0.717) is 5.69 Å². The maximum atomic E-state index is 12.5. The molecule has 9 N–H and O–H groups in total. The smallest absolute Gasteiger partial charge is 0.322 e. The largest absolute Gasteiger partial charge is 0.481 e. The molecule has 0 radical (unpaired) electrons. The van der Waals surface area contributed by atoms with Crippen molar-refractivity contribution in [3.63, 3.8) is 0 Å². The number of aliphatic hydroxyl groups excluding tert-OH is 1. The van der Waals surface area contributed by atoms with Gasteiger partial charge in [-0.15, -0.1) is 0 Å². The average Bonchev–Trinajstić information content (AvgIpc) is 3.19. The summed E-state index contributed by atoms with van der Waals surface area (Å²) in [6, 6.07) is -3.93. The van der Waals surface area contributed by atoms with Crippen LogP contribution >= 0.6 is 0 Å². The summed E-state index contributed by atoms with van der Waals surface area (Å²) < 4.78 is 0. The van der Waals surface area contributed by atoms with E-state index in [-0.39, 0.29) is 12.8 Å². The molecule has 0 saturated carbocycles. The van der Waals surface area contributed by atoms with E-state index < -0.39 is 67.4 Å². The normalized spacial score (nSPS) is 13.5. The Kier molecular flexibility index (Phi) is 9.91. The molecule has 1 aromatic rings. The molecule has 0 saturated heterocycles. The number of carboxylic acids is 2. The topological polar surface area (TPSA) is 237 Å². The molecule has 1 heterocycles. The predicted octanol–water partition coefficient (Wildman–Crippen LogP) is -3.69. The zero-order valence-electron chi connectivity index (χ0n) is 15.8. The van der Waals surface area contributed by atoms with Gasteiger partial charge in [0.25, 0.3) is 0 Å². The Morgan fingerprint density at radius 1 is 1.03 bits per heavy atom. The van der Waals surface area contributed by atoms with Crippen LogP contribution < -0.4 is 21.7 Å². The van der Waals surface area contributed by atoms with Gasteiger partial charge in [-0.3, -0.25) is 24.0 Å². The van der Waals surface area contributed by atoms with E-state index in [1.54, 1.807) is 0 Å². The minimum absolute atomic E-state index is 0.0793. The summed E-state index contributed by atoms with van der Waals surface area (Å²) in [6.07, 6.45) is 2.16. The zero-order valence-corrected chi connectivity index (χ0v) is 15.8. The highest BCUT2D eigenvalue weighted by molar-refractivity contribution is 5.94. The molecule has 3 unspecified atom stereocenters.